The molecule has 0 aliphatic heterocycles. The van der Waals surface area contributed by atoms with E-state index in [4.69, 9.17) is 0 Å². The third-order valence-electron chi connectivity index (χ3n) is 4.93. The van der Waals surface area contributed by atoms with Gasteiger partial charge in [0.05, 0.1) is 10.2 Å². The summed E-state index contributed by atoms with van der Waals surface area (Å²) in [6.45, 7) is 1.54. The van der Waals surface area contributed by atoms with Crippen molar-refractivity contribution in [1.29, 1.82) is 0 Å². The molecule has 0 atom stereocenters. The SMILES string of the molecule is CC(=O)c1ccc(NC(=O)c2cc3sccc3n2C2CCCC2)cc1. The Morgan fingerprint density at radius 2 is 1.84 bits per heavy atom. The molecule has 0 radical (unpaired) electrons. The van der Waals surface area contributed by atoms with Gasteiger partial charge in [-0.25, -0.2) is 0 Å². The lowest BCUT2D eigenvalue weighted by Gasteiger charge is -2.17. The van der Waals surface area contributed by atoms with Crippen molar-refractivity contribution < 1.29 is 9.59 Å². The number of carbonyl (C=O) groups is 2. The summed E-state index contributed by atoms with van der Waals surface area (Å²) in [5.41, 5.74) is 3.24. The molecular weight excluding hydrogens is 332 g/mol. The second-order valence-corrected chi connectivity index (χ2v) is 7.54. The molecule has 1 aliphatic rings. The summed E-state index contributed by atoms with van der Waals surface area (Å²) in [7, 11) is 0. The van der Waals surface area contributed by atoms with Gasteiger partial charge in [0, 0.05) is 17.3 Å². The third-order valence-corrected chi connectivity index (χ3v) is 5.79. The number of hydrogen-bond donors (Lipinski definition) is 1. The normalized spacial score (nSPS) is 14.9. The fourth-order valence-corrected chi connectivity index (χ4v) is 4.47. The first-order valence-electron chi connectivity index (χ1n) is 8.64. The third kappa shape index (κ3) is 3.00. The quantitative estimate of drug-likeness (QED) is 0.650. The predicted octanol–water partition coefficient (Wildman–Crippen LogP) is 5.27. The van der Waals surface area contributed by atoms with Gasteiger partial charge in [0.1, 0.15) is 5.69 Å². The number of carbonyl (C=O) groups excluding carboxylic acids is 2. The van der Waals surface area contributed by atoms with E-state index in [1.165, 1.54) is 19.8 Å². The number of amides is 1. The number of nitrogens with zero attached hydrogens (tertiary/aromatic N) is 1. The zero-order chi connectivity index (χ0) is 17.4. The minimum atomic E-state index is -0.0918. The molecule has 1 saturated carbocycles. The molecule has 1 aliphatic carbocycles. The molecule has 4 nitrogen and oxygen atoms in total. The molecule has 0 spiro atoms. The van der Waals surface area contributed by atoms with Crippen LogP contribution in [0.1, 0.15) is 59.5 Å². The zero-order valence-corrected chi connectivity index (χ0v) is 14.9. The molecular formula is C20H20N2O2S. The summed E-state index contributed by atoms with van der Waals surface area (Å²) in [4.78, 5) is 24.3. The molecule has 1 aromatic carbocycles. The van der Waals surface area contributed by atoms with Crippen molar-refractivity contribution in [2.24, 2.45) is 0 Å². The van der Waals surface area contributed by atoms with E-state index < -0.39 is 0 Å². The van der Waals surface area contributed by atoms with Crippen molar-refractivity contribution in [2.45, 2.75) is 38.6 Å². The van der Waals surface area contributed by atoms with E-state index in [0.29, 0.717) is 17.3 Å². The van der Waals surface area contributed by atoms with Gasteiger partial charge in [0.15, 0.2) is 5.78 Å². The molecule has 4 rings (SSSR count). The van der Waals surface area contributed by atoms with Crippen LogP contribution in [-0.2, 0) is 0 Å². The second-order valence-electron chi connectivity index (χ2n) is 6.60. The lowest BCUT2D eigenvalue weighted by atomic mass is 10.1. The first kappa shape index (κ1) is 16.1. The van der Waals surface area contributed by atoms with Gasteiger partial charge in [-0.3, -0.25) is 9.59 Å². The molecule has 1 N–H and O–H groups in total. The van der Waals surface area contributed by atoms with E-state index in [9.17, 15) is 9.59 Å². The number of Topliss-reactive ketones (excluding diaryl/α,β-unsaturated/α-hetero) is 1. The first-order chi connectivity index (χ1) is 12.1. The van der Waals surface area contributed by atoms with E-state index in [1.54, 1.807) is 35.6 Å². The Bertz CT molecular complexity index is 930. The van der Waals surface area contributed by atoms with Crippen LogP contribution in [0.25, 0.3) is 10.2 Å². The Morgan fingerprint density at radius 1 is 1.12 bits per heavy atom. The molecule has 2 heterocycles. The Balaban J connectivity index is 1.64. The van der Waals surface area contributed by atoms with Crippen LogP contribution in [0.3, 0.4) is 0 Å². The maximum atomic E-state index is 12.9. The topological polar surface area (TPSA) is 51.1 Å². The number of ketones is 1. The van der Waals surface area contributed by atoms with Crippen molar-refractivity contribution in [3.63, 3.8) is 0 Å². The van der Waals surface area contributed by atoms with E-state index in [-0.39, 0.29) is 11.7 Å². The highest BCUT2D eigenvalue weighted by Gasteiger charge is 2.25. The van der Waals surface area contributed by atoms with E-state index in [2.05, 4.69) is 21.3 Å². The summed E-state index contributed by atoms with van der Waals surface area (Å²) in [5, 5.41) is 5.05. The molecule has 128 valence electrons. The average molecular weight is 352 g/mol. The maximum absolute atomic E-state index is 12.9. The number of anilines is 1. The van der Waals surface area contributed by atoms with Crippen molar-refractivity contribution in [2.75, 3.05) is 5.32 Å². The summed E-state index contributed by atoms with van der Waals surface area (Å²) in [6.07, 6.45) is 4.71. The van der Waals surface area contributed by atoms with Crippen LogP contribution >= 0.6 is 11.3 Å². The fraction of sp³-hybridized carbons (Fsp3) is 0.300. The zero-order valence-electron chi connectivity index (χ0n) is 14.1. The van der Waals surface area contributed by atoms with E-state index in [0.717, 1.165) is 28.8 Å². The van der Waals surface area contributed by atoms with Crippen molar-refractivity contribution in [3.05, 3.63) is 53.0 Å². The predicted molar refractivity (Wildman–Crippen MR) is 102 cm³/mol. The molecule has 1 amide bonds. The number of rotatable bonds is 4. The highest BCUT2D eigenvalue weighted by Crippen LogP contribution is 2.36. The van der Waals surface area contributed by atoms with E-state index in [1.807, 2.05) is 6.07 Å². The van der Waals surface area contributed by atoms with Crippen LogP contribution in [0, 0.1) is 0 Å². The fourth-order valence-electron chi connectivity index (χ4n) is 3.66. The van der Waals surface area contributed by atoms with Gasteiger partial charge in [-0.1, -0.05) is 12.8 Å². The van der Waals surface area contributed by atoms with Crippen LogP contribution in [0.2, 0.25) is 0 Å². The largest absolute Gasteiger partial charge is 0.333 e. The van der Waals surface area contributed by atoms with Gasteiger partial charge in [0.25, 0.3) is 5.91 Å². The molecule has 0 unspecified atom stereocenters. The average Bonchev–Trinajstić information content (AvgIpc) is 3.31. The molecule has 2 aromatic heterocycles. The Hall–Kier alpha value is -2.40. The number of thiophene rings is 1. The van der Waals surface area contributed by atoms with E-state index >= 15 is 0 Å². The van der Waals surface area contributed by atoms with Gasteiger partial charge in [-0.15, -0.1) is 11.3 Å². The minimum Gasteiger partial charge on any atom is -0.333 e. The number of hydrogen-bond acceptors (Lipinski definition) is 3. The van der Waals surface area contributed by atoms with Crippen LogP contribution < -0.4 is 5.32 Å². The molecule has 3 aromatic rings. The Kier molecular flexibility index (Phi) is 4.17. The molecule has 0 saturated heterocycles. The highest BCUT2D eigenvalue weighted by molar-refractivity contribution is 7.17. The van der Waals surface area contributed by atoms with Crippen molar-refractivity contribution in [3.8, 4) is 0 Å². The maximum Gasteiger partial charge on any atom is 0.272 e. The molecule has 5 heteroatoms. The van der Waals surface area contributed by atoms with Crippen molar-refractivity contribution in [1.82, 2.24) is 4.57 Å². The van der Waals surface area contributed by atoms with Gasteiger partial charge in [-0.2, -0.15) is 0 Å². The smallest absolute Gasteiger partial charge is 0.272 e. The standard InChI is InChI=1S/C20H20N2O2S/c1-13(23)14-6-8-15(9-7-14)21-20(24)18-12-19-17(10-11-25-19)22(18)16-4-2-3-5-16/h6-12,16H,2-5H2,1H3,(H,21,24). The number of benzene rings is 1. The lowest BCUT2D eigenvalue weighted by molar-refractivity contribution is 0.101. The highest BCUT2D eigenvalue weighted by atomic mass is 32.1. The van der Waals surface area contributed by atoms with Crippen LogP contribution in [-0.4, -0.2) is 16.3 Å². The minimum absolute atomic E-state index is 0.0215. The number of nitrogens with one attached hydrogen (secondary N) is 1. The summed E-state index contributed by atoms with van der Waals surface area (Å²) in [6, 6.07) is 11.6. The Labute approximate surface area is 150 Å². The van der Waals surface area contributed by atoms with Gasteiger partial charge >= 0.3 is 0 Å². The number of fused-ring (bicyclic) bond motifs is 1. The molecule has 1 fully saturated rings. The lowest BCUT2D eigenvalue weighted by Crippen LogP contribution is -2.19. The van der Waals surface area contributed by atoms with Gasteiger partial charge in [0.2, 0.25) is 0 Å². The Morgan fingerprint density at radius 3 is 2.52 bits per heavy atom. The van der Waals surface area contributed by atoms with Crippen LogP contribution in [0.15, 0.2) is 41.8 Å². The first-order valence-corrected chi connectivity index (χ1v) is 9.52. The summed E-state index contributed by atoms with van der Waals surface area (Å²) in [5.74, 6) is -0.0703. The van der Waals surface area contributed by atoms with Crippen LogP contribution in [0.4, 0.5) is 5.69 Å². The van der Waals surface area contributed by atoms with Crippen LogP contribution in [0.5, 0.6) is 0 Å². The molecule has 25 heavy (non-hydrogen) atoms. The van der Waals surface area contributed by atoms with Crippen molar-refractivity contribution >= 4 is 38.9 Å². The summed E-state index contributed by atoms with van der Waals surface area (Å²) >= 11 is 1.67. The monoisotopic (exact) mass is 352 g/mol. The molecule has 0 bridgehead atoms. The van der Waals surface area contributed by atoms with Gasteiger partial charge < -0.3 is 9.88 Å². The second kappa shape index (κ2) is 6.48. The number of aromatic nitrogens is 1. The summed E-state index contributed by atoms with van der Waals surface area (Å²) < 4.78 is 3.38. The van der Waals surface area contributed by atoms with Gasteiger partial charge in [-0.05, 0) is 61.5 Å².